The number of ketones is 1. The van der Waals surface area contributed by atoms with Crippen LogP contribution in [0.3, 0.4) is 0 Å². The van der Waals surface area contributed by atoms with Gasteiger partial charge in [-0.15, -0.1) is 0 Å². The first-order valence-electron chi connectivity index (χ1n) is 3.44. The number of allylic oxidation sites excluding steroid dienone is 1. The molecule has 5 nitrogen and oxygen atoms in total. The van der Waals surface area contributed by atoms with E-state index in [9.17, 15) is 9.59 Å². The quantitative estimate of drug-likeness (QED) is 0.476. The van der Waals surface area contributed by atoms with Gasteiger partial charge in [-0.25, -0.2) is 4.79 Å². The summed E-state index contributed by atoms with van der Waals surface area (Å²) < 4.78 is 4.58. The lowest BCUT2D eigenvalue weighted by atomic mass is 10.2. The Morgan fingerprint density at radius 2 is 2.00 bits per heavy atom. The second kappa shape index (κ2) is 4.97. The minimum absolute atomic E-state index is 0.231. The minimum atomic E-state index is -1.24. The molecule has 0 aliphatic carbocycles. The van der Waals surface area contributed by atoms with E-state index in [1.54, 1.807) is 0 Å². The van der Waals surface area contributed by atoms with Crippen LogP contribution >= 0.6 is 0 Å². The number of rotatable bonds is 4. The zero-order chi connectivity index (χ0) is 10.4. The van der Waals surface area contributed by atoms with Gasteiger partial charge in [-0.1, -0.05) is 0 Å². The van der Waals surface area contributed by atoms with E-state index in [0.29, 0.717) is 6.08 Å². The van der Waals surface area contributed by atoms with Crippen LogP contribution in [0.1, 0.15) is 6.92 Å². The number of hydrogen-bond donors (Lipinski definition) is 2. The fourth-order valence-corrected chi connectivity index (χ4v) is 0.599. The number of carbonyl (C=O) groups excluding carboxylic acids is 1. The summed E-state index contributed by atoms with van der Waals surface area (Å²) >= 11 is 0. The van der Waals surface area contributed by atoms with Crippen LogP contribution in [0.5, 0.6) is 0 Å². The Bertz CT molecular complexity index is 278. The molecule has 0 bridgehead atoms. The second-order valence-electron chi connectivity index (χ2n) is 2.23. The molecule has 0 unspecified atom stereocenters. The fourth-order valence-electron chi connectivity index (χ4n) is 0.599. The van der Waals surface area contributed by atoms with Gasteiger partial charge >= 0.3 is 5.97 Å². The van der Waals surface area contributed by atoms with Crippen LogP contribution in [-0.4, -0.2) is 24.0 Å². The maximum absolute atomic E-state index is 11.2. The lowest BCUT2D eigenvalue weighted by Gasteiger charge is -2.02. The zero-order valence-electron chi connectivity index (χ0n) is 7.40. The standard InChI is InChI=1S/C8H11NO4/c1-5(4-9)8(12)6(13-2)3-7(10)11/h3-4H,9H2,1-2H3,(H,10,11)/b5-4?,6-3-. The van der Waals surface area contributed by atoms with Crippen LogP contribution < -0.4 is 5.73 Å². The molecule has 0 atom stereocenters. The molecule has 0 heterocycles. The van der Waals surface area contributed by atoms with Gasteiger partial charge in [-0.05, 0) is 6.92 Å². The van der Waals surface area contributed by atoms with Crippen molar-refractivity contribution in [3.63, 3.8) is 0 Å². The third-order valence-electron chi connectivity index (χ3n) is 1.31. The molecule has 0 aromatic carbocycles. The van der Waals surface area contributed by atoms with Gasteiger partial charge < -0.3 is 15.6 Å². The summed E-state index contributed by atoms with van der Waals surface area (Å²) in [6.45, 7) is 1.47. The van der Waals surface area contributed by atoms with Crippen molar-refractivity contribution in [2.75, 3.05) is 7.11 Å². The van der Waals surface area contributed by atoms with Crippen LogP contribution in [0.2, 0.25) is 0 Å². The molecule has 0 amide bonds. The van der Waals surface area contributed by atoms with E-state index in [2.05, 4.69) is 4.74 Å². The maximum Gasteiger partial charge on any atom is 0.332 e. The van der Waals surface area contributed by atoms with Gasteiger partial charge in [0, 0.05) is 11.8 Å². The van der Waals surface area contributed by atoms with Crippen molar-refractivity contribution in [3.8, 4) is 0 Å². The van der Waals surface area contributed by atoms with Gasteiger partial charge in [-0.3, -0.25) is 4.79 Å². The molecule has 0 rings (SSSR count). The van der Waals surface area contributed by atoms with Crippen molar-refractivity contribution >= 4 is 11.8 Å². The van der Waals surface area contributed by atoms with Gasteiger partial charge in [0.15, 0.2) is 5.76 Å². The number of aliphatic carboxylic acids is 1. The van der Waals surface area contributed by atoms with Crippen molar-refractivity contribution in [1.29, 1.82) is 0 Å². The lowest BCUT2D eigenvalue weighted by Crippen LogP contribution is -2.09. The molecule has 72 valence electrons. The summed E-state index contributed by atoms with van der Waals surface area (Å²) in [5, 5.41) is 8.36. The van der Waals surface area contributed by atoms with Gasteiger partial charge in [-0.2, -0.15) is 0 Å². The van der Waals surface area contributed by atoms with Crippen LogP contribution in [0, 0.1) is 0 Å². The summed E-state index contributed by atoms with van der Waals surface area (Å²) in [6, 6.07) is 0. The van der Waals surface area contributed by atoms with Crippen molar-refractivity contribution in [2.45, 2.75) is 6.92 Å². The number of nitrogens with two attached hydrogens (primary N) is 1. The third kappa shape index (κ3) is 3.42. The van der Waals surface area contributed by atoms with E-state index in [1.807, 2.05) is 0 Å². The molecule has 3 N–H and O–H groups in total. The zero-order valence-corrected chi connectivity index (χ0v) is 7.40. The Labute approximate surface area is 75.5 Å². The van der Waals surface area contributed by atoms with E-state index in [1.165, 1.54) is 14.0 Å². The summed E-state index contributed by atoms with van der Waals surface area (Å²) in [5.74, 6) is -2.02. The number of Topliss-reactive ketones (excluding diaryl/α,β-unsaturated/α-hetero) is 1. The summed E-state index contributed by atoms with van der Waals surface area (Å²) in [7, 11) is 1.22. The molecule has 0 aliphatic rings. The number of carboxylic acids is 1. The molecule has 0 saturated carbocycles. The monoisotopic (exact) mass is 185 g/mol. The number of hydrogen-bond acceptors (Lipinski definition) is 4. The van der Waals surface area contributed by atoms with Crippen molar-refractivity contribution in [3.05, 3.63) is 23.6 Å². The first kappa shape index (κ1) is 11.2. The van der Waals surface area contributed by atoms with Crippen molar-refractivity contribution < 1.29 is 19.4 Å². The number of carbonyl (C=O) groups is 2. The highest BCUT2D eigenvalue weighted by atomic mass is 16.5. The van der Waals surface area contributed by atoms with E-state index in [-0.39, 0.29) is 11.3 Å². The Morgan fingerprint density at radius 1 is 1.46 bits per heavy atom. The van der Waals surface area contributed by atoms with Gasteiger partial charge in [0.1, 0.15) is 0 Å². The lowest BCUT2D eigenvalue weighted by molar-refractivity contribution is -0.132. The molecule has 0 aromatic heterocycles. The van der Waals surface area contributed by atoms with Gasteiger partial charge in [0.25, 0.3) is 0 Å². The fraction of sp³-hybridized carbons (Fsp3) is 0.250. The van der Waals surface area contributed by atoms with E-state index in [0.717, 1.165) is 6.20 Å². The normalized spacial score (nSPS) is 12.5. The largest absolute Gasteiger partial charge is 0.492 e. The Morgan fingerprint density at radius 3 is 2.31 bits per heavy atom. The molecule has 0 radical (unpaired) electrons. The van der Waals surface area contributed by atoms with E-state index < -0.39 is 11.8 Å². The highest BCUT2D eigenvalue weighted by molar-refractivity contribution is 6.08. The van der Waals surface area contributed by atoms with E-state index in [4.69, 9.17) is 10.8 Å². The van der Waals surface area contributed by atoms with Crippen LogP contribution in [0.4, 0.5) is 0 Å². The third-order valence-corrected chi connectivity index (χ3v) is 1.31. The summed E-state index contributed by atoms with van der Waals surface area (Å²) in [6.07, 6.45) is 1.78. The number of carboxylic acid groups (broad SMARTS) is 1. The molecule has 13 heavy (non-hydrogen) atoms. The molecule has 0 saturated heterocycles. The summed E-state index contributed by atoms with van der Waals surface area (Å²) in [5.41, 5.74) is 5.31. The average Bonchev–Trinajstić information content (AvgIpc) is 2.11. The van der Waals surface area contributed by atoms with Crippen LogP contribution in [0.25, 0.3) is 0 Å². The van der Waals surface area contributed by atoms with Gasteiger partial charge in [0.05, 0.1) is 13.2 Å². The number of ether oxygens (including phenoxy) is 1. The SMILES string of the molecule is CO/C(=C\C(=O)O)C(=O)C(C)=CN. The molecule has 0 spiro atoms. The average molecular weight is 185 g/mol. The summed E-state index contributed by atoms with van der Waals surface area (Å²) in [4.78, 5) is 21.5. The van der Waals surface area contributed by atoms with Crippen LogP contribution in [0.15, 0.2) is 23.6 Å². The molecular formula is C8H11NO4. The van der Waals surface area contributed by atoms with Crippen molar-refractivity contribution in [2.24, 2.45) is 5.73 Å². The predicted octanol–water partition coefficient (Wildman–Crippen LogP) is 0.0329. The predicted molar refractivity (Wildman–Crippen MR) is 45.7 cm³/mol. The highest BCUT2D eigenvalue weighted by Gasteiger charge is 2.12. The van der Waals surface area contributed by atoms with Crippen molar-refractivity contribution in [1.82, 2.24) is 0 Å². The van der Waals surface area contributed by atoms with E-state index >= 15 is 0 Å². The van der Waals surface area contributed by atoms with Crippen LogP contribution in [-0.2, 0) is 14.3 Å². The molecule has 5 heteroatoms. The molecule has 0 aliphatic heterocycles. The first-order chi connectivity index (χ1) is 6.02. The molecule has 0 fully saturated rings. The topological polar surface area (TPSA) is 89.6 Å². The second-order valence-corrected chi connectivity index (χ2v) is 2.23. The maximum atomic E-state index is 11.2. The Hall–Kier alpha value is -1.78. The Kier molecular flexibility index (Phi) is 4.29. The first-order valence-corrected chi connectivity index (χ1v) is 3.44. The smallest absolute Gasteiger partial charge is 0.332 e. The number of methoxy groups -OCH3 is 1. The molecule has 0 aromatic rings. The minimum Gasteiger partial charge on any atom is -0.492 e. The Balaban J connectivity index is 4.80. The molecular weight excluding hydrogens is 174 g/mol. The van der Waals surface area contributed by atoms with Gasteiger partial charge in [0.2, 0.25) is 5.78 Å². The highest BCUT2D eigenvalue weighted by Crippen LogP contribution is 2.04.